The topological polar surface area (TPSA) is 127 Å². The highest BCUT2D eigenvalue weighted by Crippen LogP contribution is 2.25. The molecule has 2 heterocycles. The Balaban J connectivity index is 1.72. The standard InChI is InChI=1S/C22H27FN4O6S/c1-13-17(23)7-9-19(24-13)25-20(28)16-10-15(6-8-18(16)32-5)34(30,31)26-14-11-27(12-14)21(29)33-22(2,3)4/h6-10,14,26H,11-12H2,1-5H3,(H,24,25,28). The van der Waals surface area contributed by atoms with Crippen molar-refractivity contribution in [1.29, 1.82) is 0 Å². The number of aryl methyl sites for hydroxylation is 1. The van der Waals surface area contributed by atoms with Crippen molar-refractivity contribution >= 4 is 27.8 Å². The Hall–Kier alpha value is -3.25. The third kappa shape index (κ3) is 6.00. The zero-order chi connectivity index (χ0) is 25.3. The molecule has 1 aliphatic rings. The van der Waals surface area contributed by atoms with Gasteiger partial charge in [-0.25, -0.2) is 27.3 Å². The average molecular weight is 495 g/mol. The predicted molar refractivity (Wildman–Crippen MR) is 122 cm³/mol. The molecule has 184 valence electrons. The van der Waals surface area contributed by atoms with Crippen molar-refractivity contribution in [2.24, 2.45) is 0 Å². The summed E-state index contributed by atoms with van der Waals surface area (Å²) in [6.45, 7) is 7.01. The number of hydrogen-bond acceptors (Lipinski definition) is 7. The fourth-order valence-electron chi connectivity index (χ4n) is 3.15. The van der Waals surface area contributed by atoms with Gasteiger partial charge in [0.15, 0.2) is 0 Å². The van der Waals surface area contributed by atoms with E-state index < -0.39 is 39.5 Å². The van der Waals surface area contributed by atoms with Crippen molar-refractivity contribution < 1.29 is 31.9 Å². The monoisotopic (exact) mass is 494 g/mol. The number of carbonyl (C=O) groups excluding carboxylic acids is 2. The van der Waals surface area contributed by atoms with Crippen LogP contribution in [0.15, 0.2) is 35.2 Å². The lowest BCUT2D eigenvalue weighted by atomic mass is 10.1. The van der Waals surface area contributed by atoms with Crippen LogP contribution in [0.1, 0.15) is 36.8 Å². The minimum Gasteiger partial charge on any atom is -0.496 e. The van der Waals surface area contributed by atoms with Crippen LogP contribution in [-0.2, 0) is 14.8 Å². The number of methoxy groups -OCH3 is 1. The summed E-state index contributed by atoms with van der Waals surface area (Å²) in [5.41, 5.74) is -0.589. The molecule has 1 fully saturated rings. The number of hydrogen-bond donors (Lipinski definition) is 2. The quantitative estimate of drug-likeness (QED) is 0.632. The SMILES string of the molecule is COc1ccc(S(=O)(=O)NC2CN(C(=O)OC(C)(C)C)C2)cc1C(=O)Nc1ccc(F)c(C)n1. The summed E-state index contributed by atoms with van der Waals surface area (Å²) >= 11 is 0. The maximum Gasteiger partial charge on any atom is 0.410 e. The number of sulfonamides is 1. The van der Waals surface area contributed by atoms with Crippen LogP contribution in [0.4, 0.5) is 15.0 Å². The van der Waals surface area contributed by atoms with Crippen LogP contribution in [-0.4, -0.2) is 62.1 Å². The minimum atomic E-state index is -4.00. The summed E-state index contributed by atoms with van der Waals surface area (Å²) < 4.78 is 52.2. The molecule has 2 aromatic rings. The highest BCUT2D eigenvalue weighted by Gasteiger charge is 2.36. The van der Waals surface area contributed by atoms with Gasteiger partial charge in [0.1, 0.15) is 23.0 Å². The van der Waals surface area contributed by atoms with Gasteiger partial charge >= 0.3 is 6.09 Å². The number of ether oxygens (including phenoxy) is 2. The van der Waals surface area contributed by atoms with E-state index in [4.69, 9.17) is 9.47 Å². The third-order valence-corrected chi connectivity index (χ3v) is 6.36. The van der Waals surface area contributed by atoms with Gasteiger partial charge in [-0.3, -0.25) is 4.79 Å². The first-order valence-corrected chi connectivity index (χ1v) is 11.9. The number of carbonyl (C=O) groups is 2. The fraction of sp³-hybridized carbons (Fsp3) is 0.409. The third-order valence-electron chi connectivity index (χ3n) is 4.84. The molecule has 0 unspecified atom stereocenters. The molecule has 0 saturated carbocycles. The normalized spacial score (nSPS) is 14.4. The van der Waals surface area contributed by atoms with Gasteiger partial charge in [0, 0.05) is 13.1 Å². The number of halogens is 1. The van der Waals surface area contributed by atoms with Crippen LogP contribution >= 0.6 is 0 Å². The van der Waals surface area contributed by atoms with E-state index in [2.05, 4.69) is 15.0 Å². The zero-order valence-corrected chi connectivity index (χ0v) is 20.3. The summed E-state index contributed by atoms with van der Waals surface area (Å²) in [4.78, 5) is 30.0. The molecule has 3 rings (SSSR count). The molecule has 0 spiro atoms. The molecule has 0 radical (unpaired) electrons. The highest BCUT2D eigenvalue weighted by atomic mass is 32.2. The second-order valence-electron chi connectivity index (χ2n) is 8.78. The van der Waals surface area contributed by atoms with Crippen LogP contribution in [0.3, 0.4) is 0 Å². The summed E-state index contributed by atoms with van der Waals surface area (Å²) in [5.74, 6) is -0.938. The maximum absolute atomic E-state index is 13.4. The first-order valence-electron chi connectivity index (χ1n) is 10.4. The smallest absolute Gasteiger partial charge is 0.410 e. The molecular weight excluding hydrogens is 467 g/mol. The molecule has 0 bridgehead atoms. The van der Waals surface area contributed by atoms with Crippen molar-refractivity contribution in [3.05, 3.63) is 47.4 Å². The number of aromatic nitrogens is 1. The molecular formula is C22H27FN4O6S. The van der Waals surface area contributed by atoms with Crippen molar-refractivity contribution in [2.75, 3.05) is 25.5 Å². The number of benzene rings is 1. The molecule has 1 aliphatic heterocycles. The van der Waals surface area contributed by atoms with Crippen molar-refractivity contribution in [2.45, 2.75) is 44.2 Å². The van der Waals surface area contributed by atoms with E-state index in [1.165, 1.54) is 49.3 Å². The molecule has 1 aromatic carbocycles. The fourth-order valence-corrected chi connectivity index (χ4v) is 4.39. The van der Waals surface area contributed by atoms with Gasteiger partial charge in [-0.1, -0.05) is 0 Å². The predicted octanol–water partition coefficient (Wildman–Crippen LogP) is 2.69. The second-order valence-corrected chi connectivity index (χ2v) is 10.5. The lowest BCUT2D eigenvalue weighted by Gasteiger charge is -2.39. The molecule has 10 nitrogen and oxygen atoms in total. The molecule has 0 aliphatic carbocycles. The number of rotatable bonds is 6. The number of amides is 2. The Morgan fingerprint density at radius 3 is 2.44 bits per heavy atom. The van der Waals surface area contributed by atoms with Gasteiger partial charge in [0.05, 0.1) is 29.3 Å². The number of nitrogens with one attached hydrogen (secondary N) is 2. The number of nitrogens with zero attached hydrogens (tertiary/aromatic N) is 2. The average Bonchev–Trinajstić information content (AvgIpc) is 2.71. The largest absolute Gasteiger partial charge is 0.496 e. The molecule has 0 atom stereocenters. The minimum absolute atomic E-state index is 0.0434. The Kier molecular flexibility index (Phi) is 7.13. The molecule has 2 N–H and O–H groups in total. The molecule has 1 aromatic heterocycles. The van der Waals surface area contributed by atoms with E-state index in [0.29, 0.717) is 0 Å². The van der Waals surface area contributed by atoms with Crippen LogP contribution < -0.4 is 14.8 Å². The maximum atomic E-state index is 13.4. The zero-order valence-electron chi connectivity index (χ0n) is 19.5. The van der Waals surface area contributed by atoms with Gasteiger partial charge in [-0.15, -0.1) is 0 Å². The summed E-state index contributed by atoms with van der Waals surface area (Å²) in [7, 11) is -2.65. The molecule has 12 heteroatoms. The van der Waals surface area contributed by atoms with Gasteiger partial charge in [-0.05, 0) is 58.0 Å². The summed E-state index contributed by atoms with van der Waals surface area (Å²) in [5, 5.41) is 2.51. The van der Waals surface area contributed by atoms with Crippen molar-refractivity contribution in [3.63, 3.8) is 0 Å². The van der Waals surface area contributed by atoms with E-state index in [1.807, 2.05) is 0 Å². The van der Waals surface area contributed by atoms with Gasteiger partial charge in [-0.2, -0.15) is 0 Å². The Bertz CT molecular complexity index is 1210. The lowest BCUT2D eigenvalue weighted by molar-refractivity contribution is 0.00736. The number of pyridine rings is 1. The number of likely N-dealkylation sites (tertiary alicyclic amines) is 1. The van der Waals surface area contributed by atoms with E-state index in [9.17, 15) is 22.4 Å². The Labute approximate surface area is 197 Å². The highest BCUT2D eigenvalue weighted by molar-refractivity contribution is 7.89. The van der Waals surface area contributed by atoms with Crippen LogP contribution in [0, 0.1) is 12.7 Å². The van der Waals surface area contributed by atoms with Crippen molar-refractivity contribution in [3.8, 4) is 5.75 Å². The van der Waals surface area contributed by atoms with E-state index in [-0.39, 0.29) is 40.8 Å². The lowest BCUT2D eigenvalue weighted by Crippen LogP contribution is -2.61. The molecule has 2 amide bonds. The first-order chi connectivity index (χ1) is 15.8. The van der Waals surface area contributed by atoms with E-state index in [1.54, 1.807) is 20.8 Å². The summed E-state index contributed by atoms with van der Waals surface area (Å²) in [6.07, 6.45) is -0.518. The van der Waals surface area contributed by atoms with Crippen LogP contribution in [0.25, 0.3) is 0 Å². The first kappa shape index (κ1) is 25.4. The van der Waals surface area contributed by atoms with Gasteiger partial charge in [0.25, 0.3) is 5.91 Å². The summed E-state index contributed by atoms with van der Waals surface area (Å²) in [6, 6.07) is 5.81. The van der Waals surface area contributed by atoms with Crippen molar-refractivity contribution in [1.82, 2.24) is 14.6 Å². The van der Waals surface area contributed by atoms with Crippen LogP contribution in [0.2, 0.25) is 0 Å². The van der Waals surface area contributed by atoms with Gasteiger partial charge < -0.3 is 19.7 Å². The van der Waals surface area contributed by atoms with Crippen LogP contribution in [0.5, 0.6) is 5.75 Å². The van der Waals surface area contributed by atoms with Gasteiger partial charge in [0.2, 0.25) is 10.0 Å². The second kappa shape index (κ2) is 9.55. The molecule has 34 heavy (non-hydrogen) atoms. The van der Waals surface area contributed by atoms with E-state index in [0.717, 1.165) is 0 Å². The Morgan fingerprint density at radius 1 is 1.18 bits per heavy atom. The number of anilines is 1. The Morgan fingerprint density at radius 2 is 1.85 bits per heavy atom. The van der Waals surface area contributed by atoms with E-state index >= 15 is 0 Å². The molecule has 1 saturated heterocycles.